The molecule has 0 radical (unpaired) electrons. The van der Waals surface area contributed by atoms with E-state index in [1.807, 2.05) is 23.1 Å². The predicted molar refractivity (Wildman–Crippen MR) is 67.0 cm³/mol. The Bertz CT molecular complexity index is 391. The van der Waals surface area contributed by atoms with E-state index in [-0.39, 0.29) is 5.91 Å². The lowest BCUT2D eigenvalue weighted by Crippen LogP contribution is -2.39. The van der Waals surface area contributed by atoms with Gasteiger partial charge < -0.3 is 4.90 Å². The molecule has 1 unspecified atom stereocenters. The Morgan fingerprint density at radius 2 is 2.25 bits per heavy atom. The van der Waals surface area contributed by atoms with Crippen molar-refractivity contribution < 1.29 is 4.79 Å². The standard InChI is InChI=1S/C13H16ClNO/c1-10-8-11-4-2-3-5-12(11)15(9-10)13(16)6-7-14/h2-5,10H,6-9H2,1H3. The van der Waals surface area contributed by atoms with Gasteiger partial charge in [0.1, 0.15) is 0 Å². The normalized spacial score (nSPS) is 19.4. The van der Waals surface area contributed by atoms with Crippen molar-refractivity contribution in [2.75, 3.05) is 17.3 Å². The zero-order valence-corrected chi connectivity index (χ0v) is 10.2. The maximum atomic E-state index is 11.9. The molecule has 0 bridgehead atoms. The van der Waals surface area contributed by atoms with E-state index in [9.17, 15) is 4.79 Å². The van der Waals surface area contributed by atoms with Crippen molar-refractivity contribution in [3.8, 4) is 0 Å². The number of nitrogens with zero attached hydrogens (tertiary/aromatic N) is 1. The first kappa shape index (κ1) is 11.5. The average molecular weight is 238 g/mol. The van der Waals surface area contributed by atoms with Gasteiger partial charge in [-0.15, -0.1) is 11.6 Å². The molecule has 1 aliphatic rings. The molecule has 1 aromatic carbocycles. The van der Waals surface area contributed by atoms with Crippen LogP contribution in [0.3, 0.4) is 0 Å². The molecule has 1 amide bonds. The van der Waals surface area contributed by atoms with Crippen molar-refractivity contribution in [3.63, 3.8) is 0 Å². The van der Waals surface area contributed by atoms with E-state index >= 15 is 0 Å². The molecule has 0 saturated carbocycles. The van der Waals surface area contributed by atoms with E-state index in [0.717, 1.165) is 18.7 Å². The van der Waals surface area contributed by atoms with Crippen LogP contribution in [0.15, 0.2) is 24.3 Å². The van der Waals surface area contributed by atoms with Crippen molar-refractivity contribution in [1.82, 2.24) is 0 Å². The fourth-order valence-electron chi connectivity index (χ4n) is 2.25. The summed E-state index contributed by atoms with van der Waals surface area (Å²) in [6, 6.07) is 8.14. The van der Waals surface area contributed by atoms with Gasteiger partial charge in [0.05, 0.1) is 0 Å². The number of rotatable bonds is 2. The van der Waals surface area contributed by atoms with Crippen LogP contribution in [0, 0.1) is 5.92 Å². The fourth-order valence-corrected chi connectivity index (χ4v) is 2.41. The highest BCUT2D eigenvalue weighted by Gasteiger charge is 2.25. The SMILES string of the molecule is CC1Cc2ccccc2N(C(=O)CCCl)C1. The summed E-state index contributed by atoms with van der Waals surface area (Å²) in [5.41, 5.74) is 2.33. The van der Waals surface area contributed by atoms with Gasteiger partial charge in [-0.1, -0.05) is 25.1 Å². The van der Waals surface area contributed by atoms with Crippen LogP contribution < -0.4 is 4.90 Å². The molecular formula is C13H16ClNO. The molecule has 1 aromatic rings. The minimum atomic E-state index is 0.133. The molecule has 2 nitrogen and oxygen atoms in total. The zero-order chi connectivity index (χ0) is 11.5. The number of alkyl halides is 1. The van der Waals surface area contributed by atoms with Crippen LogP contribution in [0.4, 0.5) is 5.69 Å². The molecule has 1 heterocycles. The molecule has 0 aliphatic carbocycles. The van der Waals surface area contributed by atoms with Crippen LogP contribution in [0.5, 0.6) is 0 Å². The summed E-state index contributed by atoms with van der Waals surface area (Å²) in [5, 5.41) is 0. The highest BCUT2D eigenvalue weighted by Crippen LogP contribution is 2.29. The Labute approximate surface area is 101 Å². The fraction of sp³-hybridized carbons (Fsp3) is 0.462. The van der Waals surface area contributed by atoms with E-state index in [1.54, 1.807) is 0 Å². The number of anilines is 1. The third kappa shape index (κ3) is 2.22. The topological polar surface area (TPSA) is 20.3 Å². The zero-order valence-electron chi connectivity index (χ0n) is 9.45. The maximum absolute atomic E-state index is 11.9. The van der Waals surface area contributed by atoms with Gasteiger partial charge in [-0.25, -0.2) is 0 Å². The second-order valence-corrected chi connectivity index (χ2v) is 4.76. The van der Waals surface area contributed by atoms with Gasteiger partial charge in [0.25, 0.3) is 0 Å². The highest BCUT2D eigenvalue weighted by atomic mass is 35.5. The molecule has 1 aliphatic heterocycles. The van der Waals surface area contributed by atoms with Gasteiger partial charge in [-0.05, 0) is 24.0 Å². The number of halogens is 1. The van der Waals surface area contributed by atoms with Crippen molar-refractivity contribution in [3.05, 3.63) is 29.8 Å². The molecular weight excluding hydrogens is 222 g/mol. The monoisotopic (exact) mass is 237 g/mol. The number of benzene rings is 1. The number of para-hydroxylation sites is 1. The predicted octanol–water partition coefficient (Wildman–Crippen LogP) is 2.84. The van der Waals surface area contributed by atoms with Crippen molar-refractivity contribution in [2.24, 2.45) is 5.92 Å². The molecule has 2 rings (SSSR count). The van der Waals surface area contributed by atoms with Crippen LogP contribution in [0.1, 0.15) is 18.9 Å². The summed E-state index contributed by atoms with van der Waals surface area (Å²) >= 11 is 5.63. The number of hydrogen-bond donors (Lipinski definition) is 0. The molecule has 0 saturated heterocycles. The van der Waals surface area contributed by atoms with E-state index in [1.165, 1.54) is 5.56 Å². The number of hydrogen-bond acceptors (Lipinski definition) is 1. The minimum Gasteiger partial charge on any atom is -0.312 e. The lowest BCUT2D eigenvalue weighted by atomic mass is 9.94. The van der Waals surface area contributed by atoms with Gasteiger partial charge in [-0.2, -0.15) is 0 Å². The molecule has 1 atom stereocenters. The second kappa shape index (κ2) is 4.88. The first-order chi connectivity index (χ1) is 7.72. The Morgan fingerprint density at radius 1 is 1.50 bits per heavy atom. The minimum absolute atomic E-state index is 0.133. The Kier molecular flexibility index (Phi) is 3.49. The summed E-state index contributed by atoms with van der Waals surface area (Å²) in [5.74, 6) is 1.05. The average Bonchev–Trinajstić information content (AvgIpc) is 2.28. The summed E-state index contributed by atoms with van der Waals surface area (Å²) in [4.78, 5) is 13.8. The van der Waals surface area contributed by atoms with E-state index in [2.05, 4.69) is 13.0 Å². The summed E-state index contributed by atoms with van der Waals surface area (Å²) in [6.45, 7) is 2.99. The Morgan fingerprint density at radius 3 is 3.00 bits per heavy atom. The summed E-state index contributed by atoms with van der Waals surface area (Å²) in [6.07, 6.45) is 1.48. The smallest absolute Gasteiger partial charge is 0.228 e. The first-order valence-electron chi connectivity index (χ1n) is 5.66. The largest absolute Gasteiger partial charge is 0.312 e. The van der Waals surface area contributed by atoms with E-state index < -0.39 is 0 Å². The molecule has 0 spiro atoms. The Balaban J connectivity index is 2.30. The second-order valence-electron chi connectivity index (χ2n) is 4.38. The van der Waals surface area contributed by atoms with Crippen LogP contribution in [0.25, 0.3) is 0 Å². The number of carbonyl (C=O) groups is 1. The van der Waals surface area contributed by atoms with Gasteiger partial charge >= 0.3 is 0 Å². The molecule has 0 N–H and O–H groups in total. The van der Waals surface area contributed by atoms with Crippen LogP contribution in [0.2, 0.25) is 0 Å². The maximum Gasteiger partial charge on any atom is 0.228 e. The van der Waals surface area contributed by atoms with Gasteiger partial charge in [0.2, 0.25) is 5.91 Å². The van der Waals surface area contributed by atoms with Crippen LogP contribution >= 0.6 is 11.6 Å². The van der Waals surface area contributed by atoms with Gasteiger partial charge in [0.15, 0.2) is 0 Å². The van der Waals surface area contributed by atoms with E-state index in [0.29, 0.717) is 18.2 Å². The molecule has 0 fully saturated rings. The summed E-state index contributed by atoms with van der Waals surface area (Å²) in [7, 11) is 0. The van der Waals surface area contributed by atoms with Crippen molar-refractivity contribution in [1.29, 1.82) is 0 Å². The summed E-state index contributed by atoms with van der Waals surface area (Å²) < 4.78 is 0. The van der Waals surface area contributed by atoms with E-state index in [4.69, 9.17) is 11.6 Å². The van der Waals surface area contributed by atoms with Crippen molar-refractivity contribution in [2.45, 2.75) is 19.8 Å². The van der Waals surface area contributed by atoms with Gasteiger partial charge in [-0.3, -0.25) is 4.79 Å². The van der Waals surface area contributed by atoms with Crippen molar-refractivity contribution >= 4 is 23.2 Å². The first-order valence-corrected chi connectivity index (χ1v) is 6.20. The number of fused-ring (bicyclic) bond motifs is 1. The molecule has 86 valence electrons. The lowest BCUT2D eigenvalue weighted by molar-refractivity contribution is -0.118. The molecule has 3 heteroatoms. The van der Waals surface area contributed by atoms with Crippen LogP contribution in [-0.2, 0) is 11.2 Å². The molecule has 16 heavy (non-hydrogen) atoms. The highest BCUT2D eigenvalue weighted by molar-refractivity contribution is 6.19. The molecule has 0 aromatic heterocycles. The van der Waals surface area contributed by atoms with Crippen LogP contribution in [-0.4, -0.2) is 18.3 Å². The lowest BCUT2D eigenvalue weighted by Gasteiger charge is -2.33. The number of amides is 1. The number of carbonyl (C=O) groups excluding carboxylic acids is 1. The quantitative estimate of drug-likeness (QED) is 0.725. The van der Waals surface area contributed by atoms with Gasteiger partial charge in [0, 0.05) is 24.5 Å². The Hall–Kier alpha value is -1.02. The third-order valence-electron chi connectivity index (χ3n) is 2.95. The third-order valence-corrected chi connectivity index (χ3v) is 3.14.